The van der Waals surface area contributed by atoms with Crippen molar-refractivity contribution in [3.63, 3.8) is 0 Å². The quantitative estimate of drug-likeness (QED) is 0.925. The lowest BCUT2D eigenvalue weighted by molar-refractivity contribution is -0.286. The fourth-order valence-electron chi connectivity index (χ4n) is 2.76. The number of piperidine rings is 1. The lowest BCUT2D eigenvalue weighted by Gasteiger charge is -2.34. The van der Waals surface area contributed by atoms with Crippen LogP contribution in [0.5, 0.6) is 11.5 Å². The van der Waals surface area contributed by atoms with Crippen LogP contribution in [-0.2, 0) is 0 Å². The van der Waals surface area contributed by atoms with Crippen molar-refractivity contribution in [3.05, 3.63) is 18.2 Å². The number of halogens is 2. The first-order valence-electron chi connectivity index (χ1n) is 6.95. The predicted octanol–water partition coefficient (Wildman–Crippen LogP) is 2.59. The van der Waals surface area contributed by atoms with Gasteiger partial charge >= 0.3 is 6.29 Å². The summed E-state index contributed by atoms with van der Waals surface area (Å²) in [7, 11) is 0. The molecule has 0 aliphatic carbocycles. The molecule has 0 amide bonds. The number of ether oxygens (including phenoxy) is 2. The van der Waals surface area contributed by atoms with Gasteiger partial charge in [-0.25, -0.2) is 0 Å². The molecule has 0 atom stereocenters. The van der Waals surface area contributed by atoms with Crippen LogP contribution >= 0.6 is 0 Å². The molecule has 0 aromatic heterocycles. The zero-order valence-electron chi connectivity index (χ0n) is 11.4. The molecular weight excluding hydrogens is 266 g/mol. The van der Waals surface area contributed by atoms with E-state index in [1.54, 1.807) is 18.2 Å². The van der Waals surface area contributed by atoms with Crippen molar-refractivity contribution in [1.82, 2.24) is 5.32 Å². The summed E-state index contributed by atoms with van der Waals surface area (Å²) in [5, 5.41) is 3.44. The molecule has 1 aromatic rings. The summed E-state index contributed by atoms with van der Waals surface area (Å²) in [6.45, 7) is 4.90. The summed E-state index contributed by atoms with van der Waals surface area (Å²) >= 11 is 0. The van der Waals surface area contributed by atoms with Crippen LogP contribution in [-0.4, -0.2) is 32.0 Å². The van der Waals surface area contributed by atoms with Crippen molar-refractivity contribution in [2.75, 3.05) is 24.5 Å². The lowest BCUT2D eigenvalue weighted by Crippen LogP contribution is -2.42. The Kier molecular flexibility index (Phi) is 3.41. The Morgan fingerprint density at radius 1 is 1.25 bits per heavy atom. The van der Waals surface area contributed by atoms with Gasteiger partial charge in [0.2, 0.25) is 0 Å². The van der Waals surface area contributed by atoms with Crippen molar-refractivity contribution in [2.45, 2.75) is 32.1 Å². The minimum Gasteiger partial charge on any atom is -0.395 e. The summed E-state index contributed by atoms with van der Waals surface area (Å²) in [6, 6.07) is 5.53. The highest BCUT2D eigenvalue weighted by Crippen LogP contribution is 2.43. The monoisotopic (exact) mass is 284 g/mol. The summed E-state index contributed by atoms with van der Waals surface area (Å²) < 4.78 is 34.9. The molecule has 20 heavy (non-hydrogen) atoms. The van der Waals surface area contributed by atoms with Gasteiger partial charge in [0.1, 0.15) is 0 Å². The molecule has 1 fully saturated rings. The normalized spacial score (nSPS) is 21.2. The largest absolute Gasteiger partial charge is 0.586 e. The minimum atomic E-state index is -3.54. The van der Waals surface area contributed by atoms with Crippen molar-refractivity contribution >= 4 is 5.69 Å². The van der Waals surface area contributed by atoms with Gasteiger partial charge in [-0.2, -0.15) is 0 Å². The van der Waals surface area contributed by atoms with Crippen LogP contribution < -0.4 is 19.7 Å². The molecule has 0 spiro atoms. The highest BCUT2D eigenvalue weighted by atomic mass is 19.3. The van der Waals surface area contributed by atoms with Gasteiger partial charge in [-0.15, -0.1) is 8.78 Å². The van der Waals surface area contributed by atoms with Crippen molar-refractivity contribution in [2.24, 2.45) is 0 Å². The van der Waals surface area contributed by atoms with Crippen molar-refractivity contribution in [1.29, 1.82) is 0 Å². The molecule has 1 saturated heterocycles. The minimum absolute atomic E-state index is 0.0984. The third kappa shape index (κ3) is 2.65. The van der Waals surface area contributed by atoms with E-state index in [1.165, 1.54) is 0 Å². The third-order valence-electron chi connectivity index (χ3n) is 3.74. The number of nitrogens with one attached hydrogen (secondary N) is 1. The maximum atomic E-state index is 13.0. The second-order valence-corrected chi connectivity index (χ2v) is 5.12. The van der Waals surface area contributed by atoms with E-state index in [1.807, 2.05) is 0 Å². The number of fused-ring (bicyclic) bond motifs is 1. The van der Waals surface area contributed by atoms with Gasteiger partial charge < -0.3 is 19.7 Å². The Labute approximate surface area is 116 Å². The van der Waals surface area contributed by atoms with Crippen LogP contribution in [0.25, 0.3) is 0 Å². The molecule has 0 unspecified atom stereocenters. The Morgan fingerprint density at radius 2 is 1.95 bits per heavy atom. The van der Waals surface area contributed by atoms with Crippen molar-refractivity contribution < 1.29 is 18.3 Å². The van der Waals surface area contributed by atoms with E-state index in [2.05, 4.69) is 26.6 Å². The van der Waals surface area contributed by atoms with Gasteiger partial charge in [-0.1, -0.05) is 6.92 Å². The van der Waals surface area contributed by atoms with E-state index in [4.69, 9.17) is 0 Å². The Morgan fingerprint density at radius 3 is 2.65 bits per heavy atom. The van der Waals surface area contributed by atoms with Crippen LogP contribution in [0.2, 0.25) is 0 Å². The molecule has 0 bridgehead atoms. The molecule has 4 nitrogen and oxygen atoms in total. The molecule has 2 aliphatic heterocycles. The smallest absolute Gasteiger partial charge is 0.395 e. The molecule has 2 heterocycles. The lowest BCUT2D eigenvalue weighted by atomic mass is 10.0. The van der Waals surface area contributed by atoms with E-state index in [-0.39, 0.29) is 11.5 Å². The molecule has 0 radical (unpaired) electrons. The molecular formula is C14H18F2N2O2. The molecule has 110 valence electrons. The number of benzene rings is 1. The number of alkyl halides is 2. The number of rotatable bonds is 3. The topological polar surface area (TPSA) is 33.7 Å². The highest BCUT2D eigenvalue weighted by Gasteiger charge is 2.43. The van der Waals surface area contributed by atoms with E-state index in [0.29, 0.717) is 6.04 Å². The molecule has 2 aliphatic rings. The van der Waals surface area contributed by atoms with E-state index < -0.39 is 6.29 Å². The molecule has 6 heteroatoms. The second kappa shape index (κ2) is 5.09. The number of nitrogens with zero attached hydrogens (tertiary/aromatic N) is 1. The van der Waals surface area contributed by atoms with Gasteiger partial charge in [-0.3, -0.25) is 0 Å². The highest BCUT2D eigenvalue weighted by molar-refractivity contribution is 5.57. The zero-order valence-corrected chi connectivity index (χ0v) is 11.4. The fraction of sp³-hybridized carbons (Fsp3) is 0.571. The van der Waals surface area contributed by atoms with Gasteiger partial charge in [0, 0.05) is 30.9 Å². The van der Waals surface area contributed by atoms with Crippen LogP contribution in [0.3, 0.4) is 0 Å². The summed E-state index contributed by atoms with van der Waals surface area (Å²) in [5.41, 5.74) is 0.903. The van der Waals surface area contributed by atoms with E-state index >= 15 is 0 Å². The third-order valence-corrected chi connectivity index (χ3v) is 3.74. The average molecular weight is 284 g/mol. The second-order valence-electron chi connectivity index (χ2n) is 5.12. The molecule has 1 N–H and O–H groups in total. The zero-order chi connectivity index (χ0) is 14.2. The maximum Gasteiger partial charge on any atom is 0.586 e. The fourth-order valence-corrected chi connectivity index (χ4v) is 2.76. The Balaban J connectivity index is 1.68. The van der Waals surface area contributed by atoms with Crippen LogP contribution in [0.15, 0.2) is 18.2 Å². The van der Waals surface area contributed by atoms with Gasteiger partial charge in [0.25, 0.3) is 0 Å². The summed E-state index contributed by atoms with van der Waals surface area (Å²) in [4.78, 5) is 2.19. The standard InChI is InChI=1S/C14H18F2N2O2/c1-2-17-10-5-7-18(8-6-10)11-3-4-12-13(9-11)20-14(15,16)19-12/h3-4,9-10,17H,2,5-8H2,1H3. The van der Waals surface area contributed by atoms with Gasteiger partial charge in [0.05, 0.1) is 0 Å². The van der Waals surface area contributed by atoms with Crippen molar-refractivity contribution in [3.8, 4) is 11.5 Å². The summed E-state index contributed by atoms with van der Waals surface area (Å²) in [5.74, 6) is 0.211. The Bertz CT molecular complexity index is 488. The maximum absolute atomic E-state index is 13.0. The van der Waals surface area contributed by atoms with E-state index in [9.17, 15) is 8.78 Å². The number of hydrogen-bond donors (Lipinski definition) is 1. The first-order chi connectivity index (χ1) is 9.57. The van der Waals surface area contributed by atoms with Gasteiger partial charge in [0.15, 0.2) is 11.5 Å². The summed E-state index contributed by atoms with van der Waals surface area (Å²) in [6.07, 6.45) is -1.43. The Hall–Kier alpha value is -1.56. The number of hydrogen-bond acceptors (Lipinski definition) is 4. The molecule has 1 aromatic carbocycles. The predicted molar refractivity (Wildman–Crippen MR) is 71.6 cm³/mol. The van der Waals surface area contributed by atoms with Crippen LogP contribution in [0.4, 0.5) is 14.5 Å². The molecule has 3 rings (SSSR count). The average Bonchev–Trinajstić information content (AvgIpc) is 2.72. The van der Waals surface area contributed by atoms with Crippen LogP contribution in [0, 0.1) is 0 Å². The molecule has 0 saturated carbocycles. The van der Waals surface area contributed by atoms with E-state index in [0.717, 1.165) is 38.2 Å². The van der Waals surface area contributed by atoms with Gasteiger partial charge in [-0.05, 0) is 31.5 Å². The first kappa shape index (κ1) is 13.4. The van der Waals surface area contributed by atoms with Crippen LogP contribution in [0.1, 0.15) is 19.8 Å². The first-order valence-corrected chi connectivity index (χ1v) is 6.95. The SMILES string of the molecule is CCNC1CCN(c2ccc3c(c2)OC(F)(F)O3)CC1. The number of anilines is 1.